The summed E-state index contributed by atoms with van der Waals surface area (Å²) in [5.74, 6) is 0.335. The number of alkyl halides is 3. The number of amides is 1. The van der Waals surface area contributed by atoms with Gasteiger partial charge in [0.05, 0.1) is 6.42 Å². The molecule has 4 nitrogen and oxygen atoms in total. The average molecular weight is 330 g/mol. The Morgan fingerprint density at radius 1 is 1.26 bits per heavy atom. The van der Waals surface area contributed by atoms with E-state index < -0.39 is 6.36 Å². The zero-order valence-corrected chi connectivity index (χ0v) is 13.0. The number of nitrogens with one attached hydrogen (secondary N) is 1. The number of ether oxygens (including phenoxy) is 1. The number of nitrogens with zero attached hydrogens (tertiary/aromatic N) is 1. The number of likely N-dealkylation sites (tertiary alicyclic amines) is 1. The van der Waals surface area contributed by atoms with Gasteiger partial charge in [0.25, 0.3) is 0 Å². The number of benzene rings is 1. The maximum atomic E-state index is 12.2. The minimum absolute atomic E-state index is 0.0115. The van der Waals surface area contributed by atoms with Crippen LogP contribution in [0.5, 0.6) is 5.75 Å². The lowest BCUT2D eigenvalue weighted by Crippen LogP contribution is -2.41. The van der Waals surface area contributed by atoms with Crippen LogP contribution in [0.25, 0.3) is 0 Å². The second-order valence-electron chi connectivity index (χ2n) is 5.75. The number of carbonyl (C=O) groups excluding carboxylic acids is 1. The molecule has 1 heterocycles. The van der Waals surface area contributed by atoms with Gasteiger partial charge in [-0.1, -0.05) is 12.1 Å². The van der Waals surface area contributed by atoms with E-state index in [1.165, 1.54) is 24.3 Å². The van der Waals surface area contributed by atoms with Gasteiger partial charge < -0.3 is 15.0 Å². The van der Waals surface area contributed by atoms with Crippen LogP contribution in [0.1, 0.15) is 18.4 Å². The molecule has 1 fully saturated rings. The zero-order valence-electron chi connectivity index (χ0n) is 13.0. The zero-order chi connectivity index (χ0) is 16.9. The van der Waals surface area contributed by atoms with E-state index in [1.807, 2.05) is 11.9 Å². The summed E-state index contributed by atoms with van der Waals surface area (Å²) in [6.07, 6.45) is -2.55. The van der Waals surface area contributed by atoms with Crippen molar-refractivity contribution in [3.63, 3.8) is 0 Å². The molecule has 1 aliphatic heterocycles. The second kappa shape index (κ2) is 7.68. The van der Waals surface area contributed by atoms with Gasteiger partial charge in [-0.2, -0.15) is 0 Å². The van der Waals surface area contributed by atoms with E-state index in [0.717, 1.165) is 32.5 Å². The lowest BCUT2D eigenvalue weighted by atomic mass is 9.96. The van der Waals surface area contributed by atoms with Crippen LogP contribution in [0.3, 0.4) is 0 Å². The van der Waals surface area contributed by atoms with Crippen molar-refractivity contribution in [2.24, 2.45) is 5.92 Å². The summed E-state index contributed by atoms with van der Waals surface area (Å²) in [4.78, 5) is 14.1. The summed E-state index contributed by atoms with van der Waals surface area (Å²) in [6.45, 7) is 2.43. The number of piperidine rings is 1. The van der Waals surface area contributed by atoms with Gasteiger partial charge in [0, 0.05) is 13.1 Å². The molecular formula is C16H21F3N2O2. The van der Waals surface area contributed by atoms with Crippen molar-refractivity contribution < 1.29 is 22.7 Å². The Kier molecular flexibility index (Phi) is 5.87. The van der Waals surface area contributed by atoms with Crippen molar-refractivity contribution >= 4 is 5.91 Å². The fourth-order valence-corrected chi connectivity index (χ4v) is 2.77. The molecule has 1 amide bonds. The smallest absolute Gasteiger partial charge is 0.406 e. The second-order valence-corrected chi connectivity index (χ2v) is 5.75. The summed E-state index contributed by atoms with van der Waals surface area (Å²) >= 11 is 0. The van der Waals surface area contributed by atoms with E-state index >= 15 is 0 Å². The highest BCUT2D eigenvalue weighted by Crippen LogP contribution is 2.23. The van der Waals surface area contributed by atoms with Crippen LogP contribution in [0.4, 0.5) is 13.2 Å². The van der Waals surface area contributed by atoms with Crippen molar-refractivity contribution in [2.75, 3.05) is 26.7 Å². The first kappa shape index (κ1) is 17.6. The molecule has 0 radical (unpaired) electrons. The number of hydrogen-bond acceptors (Lipinski definition) is 3. The van der Waals surface area contributed by atoms with Gasteiger partial charge in [0.15, 0.2) is 0 Å². The Morgan fingerprint density at radius 2 is 1.87 bits per heavy atom. The molecule has 0 aromatic heterocycles. The lowest BCUT2D eigenvalue weighted by Gasteiger charge is -2.32. The van der Waals surface area contributed by atoms with Gasteiger partial charge in [0.1, 0.15) is 5.75 Å². The molecule has 7 heteroatoms. The first-order valence-electron chi connectivity index (χ1n) is 7.64. The number of hydrogen-bond donors (Lipinski definition) is 1. The summed E-state index contributed by atoms with van der Waals surface area (Å²) < 4.78 is 40.1. The van der Waals surface area contributed by atoms with E-state index in [2.05, 4.69) is 10.1 Å². The lowest BCUT2D eigenvalue weighted by molar-refractivity contribution is -0.274. The third kappa shape index (κ3) is 5.74. The first-order valence-corrected chi connectivity index (χ1v) is 7.64. The maximum absolute atomic E-state index is 12.2. The molecule has 0 atom stereocenters. The number of rotatable bonds is 5. The Labute approximate surface area is 133 Å². The molecule has 0 aliphatic carbocycles. The van der Waals surface area contributed by atoms with Crippen LogP contribution < -0.4 is 10.1 Å². The minimum Gasteiger partial charge on any atom is -0.406 e. The molecule has 2 rings (SSSR count). The maximum Gasteiger partial charge on any atom is 0.573 e. The molecule has 1 saturated heterocycles. The SMILES string of the molecule is CNCC1CCN(C(=O)Cc2ccc(OC(F)(F)F)cc2)CC1. The van der Waals surface area contributed by atoms with E-state index in [4.69, 9.17) is 0 Å². The molecule has 1 aromatic rings. The molecule has 0 unspecified atom stereocenters. The topological polar surface area (TPSA) is 41.6 Å². The number of carbonyl (C=O) groups is 1. The molecule has 1 N–H and O–H groups in total. The van der Waals surface area contributed by atoms with E-state index in [-0.39, 0.29) is 18.1 Å². The summed E-state index contributed by atoms with van der Waals surface area (Å²) in [5, 5.41) is 3.15. The highest BCUT2D eigenvalue weighted by Gasteiger charge is 2.31. The first-order chi connectivity index (χ1) is 10.9. The number of halogens is 3. The van der Waals surface area contributed by atoms with Gasteiger partial charge in [-0.15, -0.1) is 13.2 Å². The van der Waals surface area contributed by atoms with Gasteiger partial charge in [-0.05, 0) is 50.0 Å². The summed E-state index contributed by atoms with van der Waals surface area (Å²) in [5.41, 5.74) is 0.682. The molecule has 0 spiro atoms. The van der Waals surface area contributed by atoms with Crippen LogP contribution in [-0.2, 0) is 11.2 Å². The van der Waals surface area contributed by atoms with Crippen molar-refractivity contribution in [2.45, 2.75) is 25.6 Å². The molecule has 1 aliphatic rings. The van der Waals surface area contributed by atoms with E-state index in [0.29, 0.717) is 11.5 Å². The third-order valence-electron chi connectivity index (χ3n) is 3.97. The Hall–Kier alpha value is -1.76. The fraction of sp³-hybridized carbons (Fsp3) is 0.562. The minimum atomic E-state index is -4.70. The highest BCUT2D eigenvalue weighted by molar-refractivity contribution is 5.78. The fourth-order valence-electron chi connectivity index (χ4n) is 2.77. The highest BCUT2D eigenvalue weighted by atomic mass is 19.4. The van der Waals surface area contributed by atoms with Crippen LogP contribution in [-0.4, -0.2) is 43.9 Å². The van der Waals surface area contributed by atoms with Gasteiger partial charge in [-0.25, -0.2) is 0 Å². The van der Waals surface area contributed by atoms with Crippen LogP contribution >= 0.6 is 0 Å². The van der Waals surface area contributed by atoms with Gasteiger partial charge in [0.2, 0.25) is 5.91 Å². The Morgan fingerprint density at radius 3 is 2.39 bits per heavy atom. The molecule has 1 aromatic carbocycles. The summed E-state index contributed by atoms with van der Waals surface area (Å²) in [6, 6.07) is 5.45. The average Bonchev–Trinajstić information content (AvgIpc) is 2.49. The third-order valence-corrected chi connectivity index (χ3v) is 3.97. The van der Waals surface area contributed by atoms with Gasteiger partial charge in [-0.3, -0.25) is 4.79 Å². The van der Waals surface area contributed by atoms with Crippen LogP contribution in [0.2, 0.25) is 0 Å². The van der Waals surface area contributed by atoms with Crippen LogP contribution in [0, 0.1) is 5.92 Å². The van der Waals surface area contributed by atoms with Gasteiger partial charge >= 0.3 is 6.36 Å². The Balaban J connectivity index is 1.84. The van der Waals surface area contributed by atoms with Crippen molar-refractivity contribution in [1.82, 2.24) is 10.2 Å². The molecule has 128 valence electrons. The normalized spacial score (nSPS) is 16.4. The molecule has 0 saturated carbocycles. The molecular weight excluding hydrogens is 309 g/mol. The Bertz CT molecular complexity index is 509. The summed E-state index contributed by atoms with van der Waals surface area (Å²) in [7, 11) is 1.92. The van der Waals surface area contributed by atoms with Crippen molar-refractivity contribution in [3.8, 4) is 5.75 Å². The largest absolute Gasteiger partial charge is 0.573 e. The van der Waals surface area contributed by atoms with Crippen LogP contribution in [0.15, 0.2) is 24.3 Å². The standard InChI is InChI=1S/C16H21F3N2O2/c1-20-11-13-6-8-21(9-7-13)15(22)10-12-2-4-14(5-3-12)23-16(17,18)19/h2-5,13,20H,6-11H2,1H3. The predicted octanol–water partition coefficient (Wildman–Crippen LogP) is 2.59. The molecule has 0 bridgehead atoms. The quantitative estimate of drug-likeness (QED) is 0.902. The molecule has 23 heavy (non-hydrogen) atoms. The van der Waals surface area contributed by atoms with E-state index in [1.54, 1.807) is 0 Å². The van der Waals surface area contributed by atoms with Crippen molar-refractivity contribution in [3.05, 3.63) is 29.8 Å². The monoisotopic (exact) mass is 330 g/mol. The van der Waals surface area contributed by atoms with Crippen molar-refractivity contribution in [1.29, 1.82) is 0 Å². The van der Waals surface area contributed by atoms with E-state index in [9.17, 15) is 18.0 Å². The predicted molar refractivity (Wildman–Crippen MR) is 80.1 cm³/mol.